The van der Waals surface area contributed by atoms with E-state index in [1.165, 1.54) is 5.69 Å². The number of hydrazone groups is 1. The van der Waals surface area contributed by atoms with Crippen LogP contribution >= 0.6 is 12.4 Å². The molecule has 0 saturated carbocycles. The molecule has 100 valence electrons. The zero-order valence-corrected chi connectivity index (χ0v) is 11.5. The highest BCUT2D eigenvalue weighted by Gasteiger charge is 2.00. The molecule has 0 amide bonds. The first kappa shape index (κ1) is 16.2. The Bertz CT molecular complexity index is 384. The topological polar surface area (TPSA) is 77.5 Å². The van der Waals surface area contributed by atoms with Crippen molar-refractivity contribution in [1.29, 1.82) is 5.41 Å². The van der Waals surface area contributed by atoms with E-state index in [9.17, 15) is 0 Å². The normalized spacial score (nSPS) is 9.89. The summed E-state index contributed by atoms with van der Waals surface area (Å²) >= 11 is 0. The van der Waals surface area contributed by atoms with Crippen LogP contribution in [-0.4, -0.2) is 25.3 Å². The molecule has 0 heterocycles. The van der Waals surface area contributed by atoms with E-state index < -0.39 is 0 Å². The summed E-state index contributed by atoms with van der Waals surface area (Å²) < 4.78 is 0. The number of anilines is 1. The van der Waals surface area contributed by atoms with E-state index in [0.717, 1.165) is 18.7 Å². The molecular formula is C12H20ClN5. The van der Waals surface area contributed by atoms with Crippen LogP contribution in [0.1, 0.15) is 19.4 Å². The van der Waals surface area contributed by atoms with Crippen molar-refractivity contribution in [2.45, 2.75) is 13.8 Å². The molecule has 4 N–H and O–H groups in total. The third-order valence-electron chi connectivity index (χ3n) is 2.42. The molecule has 0 aromatic heterocycles. The van der Waals surface area contributed by atoms with E-state index in [1.54, 1.807) is 6.21 Å². The number of benzene rings is 1. The first-order valence-electron chi connectivity index (χ1n) is 5.65. The van der Waals surface area contributed by atoms with Crippen LogP contribution in [0.2, 0.25) is 0 Å². The van der Waals surface area contributed by atoms with Gasteiger partial charge in [0.15, 0.2) is 0 Å². The Morgan fingerprint density at radius 2 is 1.89 bits per heavy atom. The Hall–Kier alpha value is -1.75. The van der Waals surface area contributed by atoms with Crippen LogP contribution < -0.4 is 16.1 Å². The van der Waals surface area contributed by atoms with Crippen LogP contribution in [0.5, 0.6) is 0 Å². The second-order valence-electron chi connectivity index (χ2n) is 3.55. The minimum Gasteiger partial charge on any atom is -0.372 e. The highest BCUT2D eigenvalue weighted by atomic mass is 35.5. The lowest BCUT2D eigenvalue weighted by Gasteiger charge is -2.20. The van der Waals surface area contributed by atoms with E-state index in [2.05, 4.69) is 41.4 Å². The van der Waals surface area contributed by atoms with Gasteiger partial charge in [0.2, 0.25) is 5.96 Å². The van der Waals surface area contributed by atoms with Crippen LogP contribution in [0, 0.1) is 5.41 Å². The molecule has 0 saturated heterocycles. The molecule has 0 unspecified atom stereocenters. The van der Waals surface area contributed by atoms with Crippen molar-refractivity contribution in [2.75, 3.05) is 18.0 Å². The van der Waals surface area contributed by atoms with Gasteiger partial charge in [0, 0.05) is 18.8 Å². The fraction of sp³-hybridized carbons (Fsp3) is 0.333. The molecule has 1 rings (SSSR count). The van der Waals surface area contributed by atoms with Crippen molar-refractivity contribution in [1.82, 2.24) is 5.43 Å². The highest BCUT2D eigenvalue weighted by molar-refractivity contribution is 5.85. The van der Waals surface area contributed by atoms with Crippen LogP contribution in [-0.2, 0) is 0 Å². The predicted molar refractivity (Wildman–Crippen MR) is 79.9 cm³/mol. The first-order valence-corrected chi connectivity index (χ1v) is 5.65. The zero-order chi connectivity index (χ0) is 12.7. The van der Waals surface area contributed by atoms with Gasteiger partial charge in [0.05, 0.1) is 6.21 Å². The average Bonchev–Trinajstić information content (AvgIpc) is 2.32. The minimum absolute atomic E-state index is 0. The van der Waals surface area contributed by atoms with Crippen molar-refractivity contribution >= 4 is 30.3 Å². The number of nitrogens with one attached hydrogen (secondary N) is 2. The molecule has 0 radical (unpaired) electrons. The largest absolute Gasteiger partial charge is 0.372 e. The maximum atomic E-state index is 6.95. The van der Waals surface area contributed by atoms with E-state index in [-0.39, 0.29) is 18.4 Å². The first-order chi connectivity index (χ1) is 8.17. The maximum Gasteiger partial charge on any atom is 0.206 e. The molecule has 0 aliphatic rings. The zero-order valence-electron chi connectivity index (χ0n) is 10.7. The van der Waals surface area contributed by atoms with Crippen molar-refractivity contribution in [3.63, 3.8) is 0 Å². The highest BCUT2D eigenvalue weighted by Crippen LogP contribution is 2.13. The van der Waals surface area contributed by atoms with Crippen molar-refractivity contribution in [3.8, 4) is 0 Å². The molecule has 0 fully saturated rings. The smallest absolute Gasteiger partial charge is 0.206 e. The minimum atomic E-state index is -0.166. The number of hydrogen-bond donors (Lipinski definition) is 3. The summed E-state index contributed by atoms with van der Waals surface area (Å²) in [5.41, 5.74) is 9.65. The van der Waals surface area contributed by atoms with Crippen LogP contribution in [0.4, 0.5) is 5.69 Å². The van der Waals surface area contributed by atoms with Gasteiger partial charge in [0.1, 0.15) is 0 Å². The Morgan fingerprint density at radius 1 is 1.33 bits per heavy atom. The molecule has 0 atom stereocenters. The molecule has 0 aliphatic carbocycles. The summed E-state index contributed by atoms with van der Waals surface area (Å²) in [5.74, 6) is -0.166. The number of nitrogens with two attached hydrogens (primary N) is 1. The van der Waals surface area contributed by atoms with E-state index in [1.807, 2.05) is 12.1 Å². The number of rotatable bonds is 5. The Balaban J connectivity index is 0.00000289. The predicted octanol–water partition coefficient (Wildman–Crippen LogP) is 1.77. The number of guanidine groups is 1. The molecule has 0 aliphatic heterocycles. The number of hydrogen-bond acceptors (Lipinski definition) is 3. The van der Waals surface area contributed by atoms with Crippen LogP contribution in [0.3, 0.4) is 0 Å². The average molecular weight is 270 g/mol. The summed E-state index contributed by atoms with van der Waals surface area (Å²) in [6.45, 7) is 6.26. The third-order valence-corrected chi connectivity index (χ3v) is 2.42. The van der Waals surface area contributed by atoms with E-state index in [0.29, 0.717) is 0 Å². The van der Waals surface area contributed by atoms with Crippen LogP contribution in [0.15, 0.2) is 29.4 Å². The van der Waals surface area contributed by atoms with Gasteiger partial charge in [-0.2, -0.15) is 5.10 Å². The summed E-state index contributed by atoms with van der Waals surface area (Å²) in [5, 5.41) is 10.8. The standard InChI is InChI=1S/C12H19N5.ClH/c1-3-17(4-2)11-7-5-10(6-8-11)9-15-16-12(13)14;/h5-9H,3-4H2,1-2H3,(H4,13,14,16);1H/b15-9+;. The summed E-state index contributed by atoms with van der Waals surface area (Å²) in [4.78, 5) is 2.27. The van der Waals surface area contributed by atoms with Gasteiger partial charge in [-0.15, -0.1) is 12.4 Å². The molecule has 0 spiro atoms. The molecule has 0 bridgehead atoms. The van der Waals surface area contributed by atoms with Gasteiger partial charge < -0.3 is 10.6 Å². The van der Waals surface area contributed by atoms with Gasteiger partial charge in [-0.3, -0.25) is 5.41 Å². The molecule has 1 aromatic carbocycles. The summed E-state index contributed by atoms with van der Waals surface area (Å²) in [6.07, 6.45) is 1.63. The van der Waals surface area contributed by atoms with Gasteiger partial charge in [0.25, 0.3) is 0 Å². The second kappa shape index (κ2) is 8.36. The summed E-state index contributed by atoms with van der Waals surface area (Å²) in [7, 11) is 0. The number of nitrogens with zero attached hydrogens (tertiary/aromatic N) is 2. The van der Waals surface area contributed by atoms with E-state index in [4.69, 9.17) is 11.1 Å². The van der Waals surface area contributed by atoms with E-state index >= 15 is 0 Å². The Labute approximate surface area is 114 Å². The fourth-order valence-electron chi connectivity index (χ4n) is 1.54. The third kappa shape index (κ3) is 5.05. The SMILES string of the molecule is CCN(CC)c1ccc(/C=N/NC(=N)N)cc1.Cl. The Kier molecular flexibility index (Phi) is 7.54. The lowest BCUT2D eigenvalue weighted by atomic mass is 10.2. The monoisotopic (exact) mass is 269 g/mol. The van der Waals surface area contributed by atoms with Crippen molar-refractivity contribution < 1.29 is 0 Å². The lowest BCUT2D eigenvalue weighted by Crippen LogP contribution is -2.25. The molecule has 5 nitrogen and oxygen atoms in total. The van der Waals surface area contributed by atoms with Crippen LogP contribution in [0.25, 0.3) is 0 Å². The molecular weight excluding hydrogens is 250 g/mol. The quantitative estimate of drug-likeness (QED) is 0.433. The maximum absolute atomic E-state index is 6.95. The molecule has 1 aromatic rings. The Morgan fingerprint density at radius 3 is 2.33 bits per heavy atom. The van der Waals surface area contributed by atoms with Crippen molar-refractivity contribution in [3.05, 3.63) is 29.8 Å². The second-order valence-corrected chi connectivity index (χ2v) is 3.55. The lowest BCUT2D eigenvalue weighted by molar-refractivity contribution is 0.866. The van der Waals surface area contributed by atoms with Gasteiger partial charge in [-0.25, -0.2) is 5.43 Å². The van der Waals surface area contributed by atoms with Gasteiger partial charge in [-0.1, -0.05) is 12.1 Å². The molecule has 6 heteroatoms. The molecule has 18 heavy (non-hydrogen) atoms. The van der Waals surface area contributed by atoms with Gasteiger partial charge >= 0.3 is 0 Å². The van der Waals surface area contributed by atoms with Gasteiger partial charge in [-0.05, 0) is 31.5 Å². The fourth-order valence-corrected chi connectivity index (χ4v) is 1.54. The summed E-state index contributed by atoms with van der Waals surface area (Å²) in [6, 6.07) is 8.09. The number of halogens is 1. The van der Waals surface area contributed by atoms with Crippen molar-refractivity contribution in [2.24, 2.45) is 10.8 Å².